The molecule has 0 spiro atoms. The first-order valence-corrected chi connectivity index (χ1v) is 9.13. The number of aromatic nitrogens is 1. The van der Waals surface area contributed by atoms with Gasteiger partial charge in [-0.1, -0.05) is 12.1 Å². The minimum absolute atomic E-state index is 0.415. The van der Waals surface area contributed by atoms with Gasteiger partial charge >= 0.3 is 5.97 Å². The molecule has 0 aliphatic rings. The summed E-state index contributed by atoms with van der Waals surface area (Å²) in [6, 6.07) is 9.80. The lowest BCUT2D eigenvalue weighted by Crippen LogP contribution is -2.07. The van der Waals surface area contributed by atoms with Crippen LogP contribution >= 0.6 is 11.3 Å². The van der Waals surface area contributed by atoms with E-state index < -0.39 is 5.97 Å². The van der Waals surface area contributed by atoms with Crippen molar-refractivity contribution in [2.75, 3.05) is 28.3 Å². The topological polar surface area (TPSA) is 64.0 Å². The predicted molar refractivity (Wildman–Crippen MR) is 110 cm³/mol. The Morgan fingerprint density at radius 1 is 1.22 bits per heavy atom. The number of benzene rings is 1. The number of nitrogens with zero attached hydrogens (tertiary/aromatic N) is 3. The summed E-state index contributed by atoms with van der Waals surface area (Å²) < 4.78 is 10.2. The molecule has 0 fully saturated rings. The van der Waals surface area contributed by atoms with E-state index in [4.69, 9.17) is 9.47 Å². The molecule has 0 aliphatic carbocycles. The molecule has 0 unspecified atom stereocenters. The van der Waals surface area contributed by atoms with Gasteiger partial charge in [-0.05, 0) is 36.2 Å². The molecule has 0 saturated carbocycles. The Morgan fingerprint density at radius 2 is 1.93 bits per heavy atom. The van der Waals surface area contributed by atoms with E-state index >= 15 is 0 Å². The number of aryl methyl sites for hydroxylation is 1. The maximum atomic E-state index is 12.3. The van der Waals surface area contributed by atoms with Crippen molar-refractivity contribution in [3.05, 3.63) is 40.9 Å². The number of carbonyl (C=O) groups is 1. The lowest BCUT2D eigenvalue weighted by atomic mass is 10.0. The molecule has 0 N–H and O–H groups in total. The molecule has 0 atom stereocenters. The minimum Gasteiger partial charge on any atom is -0.497 e. The van der Waals surface area contributed by atoms with Gasteiger partial charge in [-0.2, -0.15) is 0 Å². The van der Waals surface area contributed by atoms with Crippen molar-refractivity contribution in [2.45, 2.75) is 6.92 Å². The van der Waals surface area contributed by atoms with Crippen LogP contribution in [0, 0.1) is 6.92 Å². The van der Waals surface area contributed by atoms with E-state index in [9.17, 15) is 4.79 Å². The fraction of sp³-hybridized carbons (Fsp3) is 0.250. The van der Waals surface area contributed by atoms with Crippen molar-refractivity contribution in [1.82, 2.24) is 9.88 Å². The second-order valence-corrected chi connectivity index (χ2v) is 7.20. The fourth-order valence-corrected chi connectivity index (χ4v) is 3.84. The van der Waals surface area contributed by atoms with Crippen LogP contribution < -0.4 is 4.74 Å². The maximum absolute atomic E-state index is 12.3. The van der Waals surface area contributed by atoms with Gasteiger partial charge in [-0.25, -0.2) is 14.8 Å². The number of rotatable bonds is 5. The molecule has 0 amide bonds. The number of carbonyl (C=O) groups excluding carboxylic acids is 1. The summed E-state index contributed by atoms with van der Waals surface area (Å²) in [5.74, 6) is 0.370. The van der Waals surface area contributed by atoms with Crippen LogP contribution in [-0.4, -0.2) is 50.5 Å². The van der Waals surface area contributed by atoms with Crippen molar-refractivity contribution in [1.29, 1.82) is 0 Å². The molecule has 0 radical (unpaired) electrons. The highest BCUT2D eigenvalue weighted by Crippen LogP contribution is 2.43. The summed E-state index contributed by atoms with van der Waals surface area (Å²) in [7, 11) is 6.76. The van der Waals surface area contributed by atoms with E-state index in [0.29, 0.717) is 10.6 Å². The summed E-state index contributed by atoms with van der Waals surface area (Å²) in [5.41, 5.74) is 3.42. The van der Waals surface area contributed by atoms with Gasteiger partial charge in [0.2, 0.25) is 0 Å². The van der Waals surface area contributed by atoms with Crippen LogP contribution in [0.25, 0.3) is 21.3 Å². The largest absolute Gasteiger partial charge is 0.497 e. The molecule has 0 saturated heterocycles. The molecule has 3 aromatic rings. The van der Waals surface area contributed by atoms with Crippen molar-refractivity contribution < 1.29 is 14.3 Å². The highest BCUT2D eigenvalue weighted by Gasteiger charge is 2.23. The van der Waals surface area contributed by atoms with E-state index in [0.717, 1.165) is 32.8 Å². The first-order valence-electron chi connectivity index (χ1n) is 8.32. The van der Waals surface area contributed by atoms with Crippen LogP contribution in [0.5, 0.6) is 5.75 Å². The first-order chi connectivity index (χ1) is 12.9. The van der Waals surface area contributed by atoms with Gasteiger partial charge in [-0.15, -0.1) is 11.3 Å². The molecule has 1 aromatic carbocycles. The van der Waals surface area contributed by atoms with E-state index in [2.05, 4.69) is 9.98 Å². The van der Waals surface area contributed by atoms with Crippen molar-refractivity contribution in [3.63, 3.8) is 0 Å². The second-order valence-electron chi connectivity index (χ2n) is 6.20. The zero-order chi connectivity index (χ0) is 19.6. The van der Waals surface area contributed by atoms with E-state index in [1.54, 1.807) is 13.4 Å². The molecule has 2 heterocycles. The van der Waals surface area contributed by atoms with Crippen LogP contribution in [0.3, 0.4) is 0 Å². The number of esters is 1. The van der Waals surface area contributed by atoms with Crippen LogP contribution in [-0.2, 0) is 4.74 Å². The summed E-state index contributed by atoms with van der Waals surface area (Å²) in [5, 5.41) is 0.842. The number of aliphatic imine (C=N–C) groups is 1. The number of pyridine rings is 1. The fourth-order valence-electron chi connectivity index (χ4n) is 2.73. The predicted octanol–water partition coefficient (Wildman–Crippen LogP) is 4.29. The minimum atomic E-state index is -0.415. The van der Waals surface area contributed by atoms with Gasteiger partial charge in [-0.3, -0.25) is 0 Å². The third-order valence-electron chi connectivity index (χ3n) is 3.95. The average molecular weight is 383 g/mol. The summed E-state index contributed by atoms with van der Waals surface area (Å²) >= 11 is 1.30. The Labute approximate surface area is 162 Å². The number of fused-ring (bicyclic) bond motifs is 1. The highest BCUT2D eigenvalue weighted by molar-refractivity contribution is 7.21. The molecule has 3 rings (SSSR count). The van der Waals surface area contributed by atoms with E-state index in [1.165, 1.54) is 18.4 Å². The lowest BCUT2D eigenvalue weighted by Gasteiger charge is -2.08. The van der Waals surface area contributed by atoms with Crippen LogP contribution in [0.2, 0.25) is 0 Å². The quantitative estimate of drug-likeness (QED) is 0.374. The Bertz CT molecular complexity index is 1010. The molecule has 140 valence electrons. The SMILES string of the molecule is COC(=O)c1sc2nc(C)cc(-c3ccc(OC)cc3)c2c1N=CN(C)C. The normalized spacial score (nSPS) is 11.1. The smallest absolute Gasteiger partial charge is 0.350 e. The number of ether oxygens (including phenoxy) is 2. The number of hydrogen-bond acceptors (Lipinski definition) is 6. The van der Waals surface area contributed by atoms with Crippen molar-refractivity contribution >= 4 is 39.5 Å². The van der Waals surface area contributed by atoms with E-state index in [1.807, 2.05) is 56.3 Å². The monoisotopic (exact) mass is 383 g/mol. The van der Waals surface area contributed by atoms with Crippen molar-refractivity contribution in [2.24, 2.45) is 4.99 Å². The average Bonchev–Trinajstić information content (AvgIpc) is 3.03. The van der Waals surface area contributed by atoms with Gasteiger partial charge in [0.15, 0.2) is 0 Å². The Hall–Kier alpha value is -2.93. The molecule has 0 bridgehead atoms. The van der Waals surface area contributed by atoms with Crippen LogP contribution in [0.15, 0.2) is 35.3 Å². The Morgan fingerprint density at radius 3 is 2.52 bits per heavy atom. The zero-order valence-corrected chi connectivity index (χ0v) is 16.8. The molecular weight excluding hydrogens is 362 g/mol. The van der Waals surface area contributed by atoms with Gasteiger partial charge in [0, 0.05) is 25.2 Å². The van der Waals surface area contributed by atoms with Gasteiger partial charge in [0.25, 0.3) is 0 Å². The highest BCUT2D eigenvalue weighted by atomic mass is 32.1. The Kier molecular flexibility index (Phi) is 5.41. The molecule has 7 heteroatoms. The van der Waals surface area contributed by atoms with E-state index in [-0.39, 0.29) is 0 Å². The second kappa shape index (κ2) is 7.75. The lowest BCUT2D eigenvalue weighted by molar-refractivity contribution is 0.0607. The number of thiophene rings is 1. The van der Waals surface area contributed by atoms with Crippen LogP contribution in [0.4, 0.5) is 5.69 Å². The standard InChI is InChI=1S/C20H21N3O3S/c1-12-10-15(13-6-8-14(25-4)9-7-13)16-17(21-11-23(2)3)18(20(24)26-5)27-19(16)22-12/h6-11H,1-5H3. The molecule has 0 aliphatic heterocycles. The number of methoxy groups -OCH3 is 2. The summed E-state index contributed by atoms with van der Waals surface area (Å²) in [4.78, 5) is 24.5. The third-order valence-corrected chi connectivity index (χ3v) is 5.01. The van der Waals surface area contributed by atoms with Gasteiger partial charge in [0.1, 0.15) is 21.1 Å². The third kappa shape index (κ3) is 3.78. The first kappa shape index (κ1) is 18.8. The summed E-state index contributed by atoms with van der Waals surface area (Å²) in [6.45, 7) is 1.94. The Balaban J connectivity index is 2.32. The number of hydrogen-bond donors (Lipinski definition) is 0. The molecule has 27 heavy (non-hydrogen) atoms. The van der Waals surface area contributed by atoms with Gasteiger partial charge < -0.3 is 14.4 Å². The van der Waals surface area contributed by atoms with Crippen molar-refractivity contribution in [3.8, 4) is 16.9 Å². The summed E-state index contributed by atoms with van der Waals surface area (Å²) in [6.07, 6.45) is 1.67. The molecular formula is C20H21N3O3S. The maximum Gasteiger partial charge on any atom is 0.350 e. The van der Waals surface area contributed by atoms with Crippen LogP contribution in [0.1, 0.15) is 15.4 Å². The zero-order valence-electron chi connectivity index (χ0n) is 15.9. The molecule has 2 aromatic heterocycles. The molecule has 6 nitrogen and oxygen atoms in total. The van der Waals surface area contributed by atoms with Gasteiger partial charge in [0.05, 0.1) is 20.6 Å².